The third-order valence-electron chi connectivity index (χ3n) is 2.58. The molecule has 0 bridgehead atoms. The van der Waals surface area contributed by atoms with Crippen LogP contribution in [0.2, 0.25) is 0 Å². The number of hydrogen-bond donors (Lipinski definition) is 0. The van der Waals surface area contributed by atoms with Gasteiger partial charge in [0.2, 0.25) is 0 Å². The van der Waals surface area contributed by atoms with Gasteiger partial charge >= 0.3 is 0 Å². The van der Waals surface area contributed by atoms with Crippen molar-refractivity contribution in [3.63, 3.8) is 0 Å². The maximum Gasteiger partial charge on any atom is 0.0424 e. The highest BCUT2D eigenvalue weighted by Gasteiger charge is 2.22. The molecular formula is C13H17N. The van der Waals surface area contributed by atoms with Crippen LogP contribution in [0.1, 0.15) is 19.4 Å². The van der Waals surface area contributed by atoms with Gasteiger partial charge in [-0.25, -0.2) is 0 Å². The molecule has 1 aliphatic rings. The van der Waals surface area contributed by atoms with Crippen LogP contribution >= 0.6 is 0 Å². The van der Waals surface area contributed by atoms with Crippen molar-refractivity contribution in [2.24, 2.45) is 5.41 Å². The molecule has 0 N–H and O–H groups in total. The highest BCUT2D eigenvalue weighted by atomic mass is 15.1. The van der Waals surface area contributed by atoms with E-state index in [2.05, 4.69) is 61.4 Å². The quantitative estimate of drug-likeness (QED) is 0.688. The third kappa shape index (κ3) is 2.16. The Bertz CT molecular complexity index is 324. The Labute approximate surface area is 86.1 Å². The van der Waals surface area contributed by atoms with Gasteiger partial charge in [-0.1, -0.05) is 50.3 Å². The van der Waals surface area contributed by atoms with E-state index < -0.39 is 0 Å². The van der Waals surface area contributed by atoms with E-state index in [0.717, 1.165) is 13.1 Å². The molecule has 1 aromatic rings. The molecule has 1 heteroatoms. The molecular weight excluding hydrogens is 170 g/mol. The highest BCUT2D eigenvalue weighted by Crippen LogP contribution is 2.26. The number of nitrogens with zero attached hydrogens (tertiary/aromatic N) is 1. The lowest BCUT2D eigenvalue weighted by Crippen LogP contribution is -2.22. The Kier molecular flexibility index (Phi) is 2.32. The number of benzene rings is 1. The van der Waals surface area contributed by atoms with Gasteiger partial charge in [-0.05, 0) is 11.8 Å². The fourth-order valence-electron chi connectivity index (χ4n) is 1.86. The summed E-state index contributed by atoms with van der Waals surface area (Å²) in [4.78, 5) is 2.37. The van der Waals surface area contributed by atoms with Gasteiger partial charge < -0.3 is 4.90 Å². The molecule has 1 aromatic carbocycles. The molecule has 0 spiro atoms. The first-order valence-electron chi connectivity index (χ1n) is 5.13. The average Bonchev–Trinajstić information content (AvgIpc) is 2.47. The zero-order valence-corrected chi connectivity index (χ0v) is 8.90. The van der Waals surface area contributed by atoms with E-state index in [1.807, 2.05) is 0 Å². The van der Waals surface area contributed by atoms with Crippen LogP contribution in [0.4, 0.5) is 0 Å². The summed E-state index contributed by atoms with van der Waals surface area (Å²) in [6.45, 7) is 6.70. The van der Waals surface area contributed by atoms with E-state index in [0.29, 0.717) is 5.41 Å². The molecule has 0 fully saturated rings. The zero-order valence-electron chi connectivity index (χ0n) is 8.90. The van der Waals surface area contributed by atoms with Gasteiger partial charge in [0, 0.05) is 18.5 Å². The van der Waals surface area contributed by atoms with Gasteiger partial charge in [0.1, 0.15) is 0 Å². The first kappa shape index (κ1) is 9.32. The fourth-order valence-corrected chi connectivity index (χ4v) is 1.86. The van der Waals surface area contributed by atoms with Gasteiger partial charge in [-0.2, -0.15) is 0 Å². The molecule has 1 heterocycles. The van der Waals surface area contributed by atoms with Crippen molar-refractivity contribution in [2.45, 2.75) is 20.4 Å². The van der Waals surface area contributed by atoms with Crippen molar-refractivity contribution in [3.8, 4) is 0 Å². The lowest BCUT2D eigenvalue weighted by Gasteiger charge is -2.21. The number of hydrogen-bond acceptors (Lipinski definition) is 1. The summed E-state index contributed by atoms with van der Waals surface area (Å²) in [5, 5.41) is 0. The maximum absolute atomic E-state index is 2.37. The van der Waals surface area contributed by atoms with Crippen LogP contribution in [0.3, 0.4) is 0 Å². The first-order valence-corrected chi connectivity index (χ1v) is 5.13. The summed E-state index contributed by atoms with van der Waals surface area (Å²) in [5.74, 6) is 0. The van der Waals surface area contributed by atoms with Gasteiger partial charge in [0.15, 0.2) is 0 Å². The van der Waals surface area contributed by atoms with Crippen molar-refractivity contribution in [3.05, 3.63) is 48.2 Å². The minimum Gasteiger partial charge on any atom is -0.373 e. The maximum atomic E-state index is 2.37. The second kappa shape index (κ2) is 3.49. The fraction of sp³-hybridized carbons (Fsp3) is 0.385. The predicted molar refractivity (Wildman–Crippen MR) is 59.8 cm³/mol. The van der Waals surface area contributed by atoms with Crippen LogP contribution in [-0.4, -0.2) is 11.4 Å². The smallest absolute Gasteiger partial charge is 0.0424 e. The van der Waals surface area contributed by atoms with Crippen LogP contribution < -0.4 is 0 Å². The number of rotatable bonds is 2. The lowest BCUT2D eigenvalue weighted by molar-refractivity contribution is 0.311. The van der Waals surface area contributed by atoms with E-state index in [-0.39, 0.29) is 0 Å². The van der Waals surface area contributed by atoms with Crippen LogP contribution in [-0.2, 0) is 6.54 Å². The minimum atomic E-state index is 0.342. The van der Waals surface area contributed by atoms with Crippen LogP contribution in [0.15, 0.2) is 42.6 Å². The summed E-state index contributed by atoms with van der Waals surface area (Å²) in [6, 6.07) is 10.6. The monoisotopic (exact) mass is 187 g/mol. The van der Waals surface area contributed by atoms with Crippen LogP contribution in [0.25, 0.3) is 0 Å². The van der Waals surface area contributed by atoms with E-state index in [4.69, 9.17) is 0 Å². The Morgan fingerprint density at radius 2 is 1.93 bits per heavy atom. The molecule has 1 aliphatic heterocycles. The molecule has 1 nitrogen and oxygen atoms in total. The van der Waals surface area contributed by atoms with E-state index in [9.17, 15) is 0 Å². The molecule has 0 unspecified atom stereocenters. The molecule has 74 valence electrons. The summed E-state index contributed by atoms with van der Waals surface area (Å²) >= 11 is 0. The Morgan fingerprint density at radius 3 is 2.50 bits per heavy atom. The lowest BCUT2D eigenvalue weighted by atomic mass is 9.96. The Morgan fingerprint density at radius 1 is 1.21 bits per heavy atom. The molecule has 0 amide bonds. The molecule has 0 saturated carbocycles. The van der Waals surface area contributed by atoms with Crippen LogP contribution in [0, 0.1) is 5.41 Å². The molecule has 0 aromatic heterocycles. The largest absolute Gasteiger partial charge is 0.373 e. The van der Waals surface area contributed by atoms with Gasteiger partial charge in [-0.3, -0.25) is 0 Å². The average molecular weight is 187 g/mol. The minimum absolute atomic E-state index is 0.342. The van der Waals surface area contributed by atoms with Crippen molar-refractivity contribution in [2.75, 3.05) is 6.54 Å². The molecule has 2 rings (SSSR count). The van der Waals surface area contributed by atoms with E-state index >= 15 is 0 Å². The molecule has 0 saturated heterocycles. The zero-order chi connectivity index (χ0) is 10.0. The first-order chi connectivity index (χ1) is 6.66. The third-order valence-corrected chi connectivity index (χ3v) is 2.58. The summed E-state index contributed by atoms with van der Waals surface area (Å²) in [7, 11) is 0. The molecule has 14 heavy (non-hydrogen) atoms. The summed E-state index contributed by atoms with van der Waals surface area (Å²) in [5.41, 5.74) is 1.73. The highest BCUT2D eigenvalue weighted by molar-refractivity contribution is 5.16. The van der Waals surface area contributed by atoms with E-state index in [1.54, 1.807) is 0 Å². The second-order valence-electron chi connectivity index (χ2n) is 4.69. The van der Waals surface area contributed by atoms with Crippen molar-refractivity contribution < 1.29 is 0 Å². The van der Waals surface area contributed by atoms with Gasteiger partial charge in [0.05, 0.1) is 0 Å². The Balaban J connectivity index is 1.98. The summed E-state index contributed by atoms with van der Waals surface area (Å²) < 4.78 is 0. The van der Waals surface area contributed by atoms with Crippen molar-refractivity contribution in [1.82, 2.24) is 4.90 Å². The molecule has 0 atom stereocenters. The van der Waals surface area contributed by atoms with Gasteiger partial charge in [0.25, 0.3) is 0 Å². The summed E-state index contributed by atoms with van der Waals surface area (Å²) in [6.07, 6.45) is 4.50. The SMILES string of the molecule is CC1(C)C=CN(Cc2ccccc2)C1. The van der Waals surface area contributed by atoms with E-state index in [1.165, 1.54) is 5.56 Å². The molecule has 0 radical (unpaired) electrons. The second-order valence-corrected chi connectivity index (χ2v) is 4.69. The van der Waals surface area contributed by atoms with Gasteiger partial charge in [-0.15, -0.1) is 0 Å². The normalized spacial score (nSPS) is 18.9. The predicted octanol–water partition coefficient (Wildman–Crippen LogP) is 3.04. The van der Waals surface area contributed by atoms with Crippen molar-refractivity contribution >= 4 is 0 Å². The van der Waals surface area contributed by atoms with Crippen LogP contribution in [0.5, 0.6) is 0 Å². The Hall–Kier alpha value is -1.24. The molecule has 0 aliphatic carbocycles. The topological polar surface area (TPSA) is 3.24 Å². The standard InChI is InChI=1S/C13H17N/c1-13(2)8-9-14(11-13)10-12-6-4-3-5-7-12/h3-9H,10-11H2,1-2H3. The van der Waals surface area contributed by atoms with Crippen molar-refractivity contribution in [1.29, 1.82) is 0 Å².